The molecule has 4 heteroatoms. The van der Waals surface area contributed by atoms with Crippen molar-refractivity contribution in [3.63, 3.8) is 0 Å². The lowest BCUT2D eigenvalue weighted by Gasteiger charge is -2.14. The van der Waals surface area contributed by atoms with E-state index in [0.717, 1.165) is 28.7 Å². The van der Waals surface area contributed by atoms with Crippen molar-refractivity contribution in [3.05, 3.63) is 81.0 Å². The maximum absolute atomic E-state index is 13.8. The van der Waals surface area contributed by atoms with Crippen molar-refractivity contribution in [1.29, 1.82) is 0 Å². The van der Waals surface area contributed by atoms with Gasteiger partial charge in [0.15, 0.2) is 0 Å². The summed E-state index contributed by atoms with van der Waals surface area (Å²) in [6, 6.07) is 5.96. The van der Waals surface area contributed by atoms with Crippen LogP contribution in [0.1, 0.15) is 58.6 Å². The van der Waals surface area contributed by atoms with E-state index in [1.54, 1.807) is 0 Å². The Morgan fingerprint density at radius 3 is 2.52 bits per heavy atom. The van der Waals surface area contributed by atoms with Crippen LogP contribution >= 0.6 is 23.2 Å². The fraction of sp³-hybridized carbons (Fsp3) is 0.440. The van der Waals surface area contributed by atoms with E-state index in [0.29, 0.717) is 29.4 Å². The second kappa shape index (κ2) is 12.9. The van der Waals surface area contributed by atoms with Gasteiger partial charge < -0.3 is 5.32 Å². The average Bonchev–Trinajstić information content (AvgIpc) is 2.68. The van der Waals surface area contributed by atoms with Gasteiger partial charge in [-0.05, 0) is 61.8 Å². The van der Waals surface area contributed by atoms with Crippen LogP contribution in [0.4, 0.5) is 4.39 Å². The SMILES string of the molecule is C=C(Cl)C(=C/NCc1ccc(CCC(F)C(C)C)c(Cl)c1)/C(/C=C\C)=C(/C)CC. The zero-order chi connectivity index (χ0) is 22.0. The average molecular weight is 438 g/mol. The molecule has 0 amide bonds. The van der Waals surface area contributed by atoms with Gasteiger partial charge in [-0.3, -0.25) is 0 Å². The second-order valence-electron chi connectivity index (χ2n) is 7.62. The lowest BCUT2D eigenvalue weighted by molar-refractivity contribution is 0.240. The van der Waals surface area contributed by atoms with Crippen LogP contribution in [-0.4, -0.2) is 6.17 Å². The molecule has 1 rings (SSSR count). The summed E-state index contributed by atoms with van der Waals surface area (Å²) in [4.78, 5) is 0. The zero-order valence-electron chi connectivity index (χ0n) is 18.3. The molecule has 0 saturated heterocycles. The highest BCUT2D eigenvalue weighted by molar-refractivity contribution is 6.32. The molecule has 1 aromatic carbocycles. The molecule has 0 fully saturated rings. The van der Waals surface area contributed by atoms with Crippen molar-refractivity contribution in [2.24, 2.45) is 5.92 Å². The van der Waals surface area contributed by atoms with Crippen LogP contribution in [0.25, 0.3) is 0 Å². The number of nitrogens with one attached hydrogen (secondary N) is 1. The number of benzene rings is 1. The summed E-state index contributed by atoms with van der Waals surface area (Å²) in [5.41, 5.74) is 5.26. The minimum absolute atomic E-state index is 0.0350. The van der Waals surface area contributed by atoms with E-state index < -0.39 is 6.17 Å². The predicted octanol–water partition coefficient (Wildman–Crippen LogP) is 8.30. The van der Waals surface area contributed by atoms with Crippen molar-refractivity contribution in [1.82, 2.24) is 5.32 Å². The third-order valence-corrected chi connectivity index (χ3v) is 5.54. The van der Waals surface area contributed by atoms with Crippen molar-refractivity contribution >= 4 is 23.2 Å². The largest absolute Gasteiger partial charge is 0.386 e. The molecule has 1 N–H and O–H groups in total. The number of allylic oxidation sites excluding steroid dienone is 6. The molecule has 0 aliphatic carbocycles. The Kier molecular flexibility index (Phi) is 11.4. The number of rotatable bonds is 11. The van der Waals surface area contributed by atoms with E-state index in [-0.39, 0.29) is 5.92 Å². The van der Waals surface area contributed by atoms with Crippen LogP contribution in [0, 0.1) is 5.92 Å². The first-order valence-electron chi connectivity index (χ1n) is 10.2. The predicted molar refractivity (Wildman–Crippen MR) is 127 cm³/mol. The highest BCUT2D eigenvalue weighted by Gasteiger charge is 2.13. The van der Waals surface area contributed by atoms with Gasteiger partial charge in [-0.2, -0.15) is 0 Å². The summed E-state index contributed by atoms with van der Waals surface area (Å²) in [6.45, 7) is 14.5. The zero-order valence-corrected chi connectivity index (χ0v) is 19.8. The molecule has 0 aliphatic rings. The first-order valence-corrected chi connectivity index (χ1v) is 11.0. The van der Waals surface area contributed by atoms with Gasteiger partial charge in [-0.25, -0.2) is 4.39 Å². The Morgan fingerprint density at radius 1 is 1.31 bits per heavy atom. The summed E-state index contributed by atoms with van der Waals surface area (Å²) in [5.74, 6) is 0.0350. The molecule has 1 atom stereocenters. The van der Waals surface area contributed by atoms with E-state index in [4.69, 9.17) is 23.2 Å². The van der Waals surface area contributed by atoms with Gasteiger partial charge in [0, 0.05) is 28.4 Å². The smallest absolute Gasteiger partial charge is 0.103 e. The Morgan fingerprint density at radius 2 is 2.00 bits per heavy atom. The van der Waals surface area contributed by atoms with Crippen LogP contribution in [-0.2, 0) is 13.0 Å². The normalized spacial score (nSPS) is 14.3. The van der Waals surface area contributed by atoms with Gasteiger partial charge in [0.2, 0.25) is 0 Å². The van der Waals surface area contributed by atoms with Crippen LogP contribution in [0.2, 0.25) is 5.02 Å². The summed E-state index contributed by atoms with van der Waals surface area (Å²) in [5, 5.41) is 4.50. The molecular formula is C25H34Cl2FN. The van der Waals surface area contributed by atoms with Gasteiger partial charge in [-0.1, -0.05) is 80.4 Å². The van der Waals surface area contributed by atoms with Gasteiger partial charge in [0.25, 0.3) is 0 Å². The summed E-state index contributed by atoms with van der Waals surface area (Å²) >= 11 is 12.7. The van der Waals surface area contributed by atoms with Crippen LogP contribution in [0.5, 0.6) is 0 Å². The molecule has 1 aromatic rings. The molecule has 29 heavy (non-hydrogen) atoms. The molecule has 0 aromatic heterocycles. The maximum atomic E-state index is 13.8. The van der Waals surface area contributed by atoms with Gasteiger partial charge in [0.1, 0.15) is 6.17 Å². The summed E-state index contributed by atoms with van der Waals surface area (Å²) in [6.07, 6.45) is 7.25. The third-order valence-electron chi connectivity index (χ3n) is 4.99. The second-order valence-corrected chi connectivity index (χ2v) is 8.48. The molecule has 1 nitrogen and oxygen atoms in total. The molecule has 0 bridgehead atoms. The molecule has 0 radical (unpaired) electrons. The lowest BCUT2D eigenvalue weighted by Crippen LogP contribution is -2.10. The van der Waals surface area contributed by atoms with E-state index >= 15 is 0 Å². The highest BCUT2D eigenvalue weighted by atomic mass is 35.5. The first-order chi connectivity index (χ1) is 13.7. The number of hydrogen-bond donors (Lipinski definition) is 1. The van der Waals surface area contributed by atoms with E-state index in [2.05, 4.69) is 31.8 Å². The number of alkyl halides is 1. The molecule has 1 unspecified atom stereocenters. The molecule has 0 saturated carbocycles. The lowest BCUT2D eigenvalue weighted by atomic mass is 9.99. The van der Waals surface area contributed by atoms with E-state index in [1.165, 1.54) is 5.57 Å². The van der Waals surface area contributed by atoms with Gasteiger partial charge in [-0.15, -0.1) is 0 Å². The number of aryl methyl sites for hydroxylation is 1. The molecule has 0 aliphatic heterocycles. The topological polar surface area (TPSA) is 12.0 Å². The Hall–Kier alpha value is -1.51. The Balaban J connectivity index is 2.88. The van der Waals surface area contributed by atoms with Gasteiger partial charge in [0.05, 0.1) is 0 Å². The minimum atomic E-state index is -0.800. The Bertz CT molecular complexity index is 775. The molecule has 160 valence electrons. The summed E-state index contributed by atoms with van der Waals surface area (Å²) in [7, 11) is 0. The molecule has 0 spiro atoms. The Labute approximate surface area is 186 Å². The maximum Gasteiger partial charge on any atom is 0.103 e. The monoisotopic (exact) mass is 437 g/mol. The fourth-order valence-corrected chi connectivity index (χ4v) is 3.38. The third kappa shape index (κ3) is 8.40. The van der Waals surface area contributed by atoms with E-state index in [1.807, 2.05) is 51.2 Å². The van der Waals surface area contributed by atoms with Crippen LogP contribution in [0.15, 0.2) is 64.9 Å². The quantitative estimate of drug-likeness (QED) is 0.343. The van der Waals surface area contributed by atoms with Crippen molar-refractivity contribution < 1.29 is 4.39 Å². The van der Waals surface area contributed by atoms with Crippen LogP contribution in [0.3, 0.4) is 0 Å². The van der Waals surface area contributed by atoms with Crippen molar-refractivity contribution in [3.8, 4) is 0 Å². The fourth-order valence-electron chi connectivity index (χ4n) is 2.92. The van der Waals surface area contributed by atoms with Crippen molar-refractivity contribution in [2.75, 3.05) is 0 Å². The standard InChI is InChI=1S/C25H34Cl2FN/c1-7-9-22(18(5)8-2)23(19(6)26)16-29-15-20-10-11-21(24(27)14-20)12-13-25(28)17(3)4/h7,9-11,14,16-17,25,29H,6,8,12-13,15H2,1-5H3/b9-7-,22-18-,23-16-. The van der Waals surface area contributed by atoms with Gasteiger partial charge >= 0.3 is 0 Å². The molecule has 0 heterocycles. The van der Waals surface area contributed by atoms with E-state index in [9.17, 15) is 4.39 Å². The number of hydrogen-bond acceptors (Lipinski definition) is 1. The minimum Gasteiger partial charge on any atom is -0.386 e. The number of halogens is 3. The first kappa shape index (κ1) is 25.5. The summed E-state index contributed by atoms with van der Waals surface area (Å²) < 4.78 is 13.8. The van der Waals surface area contributed by atoms with Crippen LogP contribution < -0.4 is 5.32 Å². The molecular weight excluding hydrogens is 404 g/mol. The van der Waals surface area contributed by atoms with Crippen molar-refractivity contribution in [2.45, 2.75) is 66.6 Å². The highest BCUT2D eigenvalue weighted by Crippen LogP contribution is 2.26.